The second-order valence-electron chi connectivity index (χ2n) is 4.94. The maximum Gasteiger partial charge on any atom is 0.307 e. The number of carbonyl (C=O) groups excluding carboxylic acids is 1. The first kappa shape index (κ1) is 17.9. The highest BCUT2D eigenvalue weighted by atomic mass is 16.5. The summed E-state index contributed by atoms with van der Waals surface area (Å²) in [6.45, 7) is 3.65. The van der Waals surface area contributed by atoms with Crippen molar-refractivity contribution in [2.45, 2.75) is 78.1 Å². The zero-order valence-electron chi connectivity index (χ0n) is 12.7. The van der Waals surface area contributed by atoms with Gasteiger partial charge in [0.2, 0.25) is 0 Å². The van der Waals surface area contributed by atoms with E-state index in [4.69, 9.17) is 4.74 Å². The van der Waals surface area contributed by atoms with E-state index in [1.54, 1.807) is 0 Å². The van der Waals surface area contributed by atoms with Gasteiger partial charge in [0.15, 0.2) is 0 Å². The lowest BCUT2D eigenvalue weighted by Crippen LogP contribution is -1.89. The van der Waals surface area contributed by atoms with Crippen LogP contribution < -0.4 is 0 Å². The Bertz CT molecular complexity index is 254. The van der Waals surface area contributed by atoms with Crippen molar-refractivity contribution < 1.29 is 9.53 Å². The van der Waals surface area contributed by atoms with Crippen LogP contribution >= 0.6 is 0 Å². The first-order valence-corrected chi connectivity index (χ1v) is 7.74. The molecule has 0 bridgehead atoms. The molecule has 0 saturated carbocycles. The number of hydrogen-bond donors (Lipinski definition) is 0. The molecule has 0 radical (unpaired) electrons. The molecule has 0 spiro atoms. The van der Waals surface area contributed by atoms with Crippen LogP contribution in [0.1, 0.15) is 78.1 Å². The van der Waals surface area contributed by atoms with Crippen molar-refractivity contribution in [1.29, 1.82) is 0 Å². The molecular weight excluding hydrogens is 236 g/mol. The Balaban J connectivity index is 3.12. The van der Waals surface area contributed by atoms with Gasteiger partial charge in [-0.1, -0.05) is 51.2 Å². The average Bonchev–Trinajstić information content (AvgIpc) is 2.39. The summed E-state index contributed by atoms with van der Waals surface area (Å²) in [5, 5.41) is 0. The molecule has 0 aromatic rings. The number of ether oxygens (including phenoxy) is 1. The standard InChI is InChI=1S/C17H30O2/c1-3-4-5-6-7-8-9-10-11-12-13-14-15-16-19-17(2)18/h6-7,15-16H,3-5,8-14H2,1-2H3. The summed E-state index contributed by atoms with van der Waals surface area (Å²) in [5.74, 6) is -0.247. The van der Waals surface area contributed by atoms with Gasteiger partial charge in [-0.15, -0.1) is 0 Å². The highest BCUT2D eigenvalue weighted by Gasteiger charge is 1.90. The average molecular weight is 266 g/mol. The van der Waals surface area contributed by atoms with Gasteiger partial charge < -0.3 is 4.74 Å². The molecule has 0 amide bonds. The molecule has 2 heteroatoms. The molecule has 110 valence electrons. The molecule has 0 aliphatic rings. The quantitative estimate of drug-likeness (QED) is 0.201. The number of carbonyl (C=O) groups is 1. The lowest BCUT2D eigenvalue weighted by atomic mass is 10.1. The van der Waals surface area contributed by atoms with Gasteiger partial charge in [-0.05, 0) is 38.2 Å². The molecule has 0 aliphatic carbocycles. The third-order valence-electron chi connectivity index (χ3n) is 2.96. The predicted octanol–water partition coefficient (Wildman–Crippen LogP) is 5.54. The Hall–Kier alpha value is -1.05. The van der Waals surface area contributed by atoms with Crippen molar-refractivity contribution in [2.75, 3.05) is 0 Å². The van der Waals surface area contributed by atoms with E-state index < -0.39 is 0 Å². The van der Waals surface area contributed by atoms with Crippen LogP contribution in [0.5, 0.6) is 0 Å². The molecule has 0 aromatic carbocycles. The molecule has 0 saturated heterocycles. The smallest absolute Gasteiger partial charge is 0.307 e. The van der Waals surface area contributed by atoms with Crippen molar-refractivity contribution in [2.24, 2.45) is 0 Å². The van der Waals surface area contributed by atoms with E-state index >= 15 is 0 Å². The highest BCUT2D eigenvalue weighted by molar-refractivity contribution is 5.66. The lowest BCUT2D eigenvalue weighted by Gasteiger charge is -1.98. The van der Waals surface area contributed by atoms with E-state index in [1.165, 1.54) is 71.0 Å². The van der Waals surface area contributed by atoms with Crippen molar-refractivity contribution in [3.05, 3.63) is 24.5 Å². The molecule has 0 rings (SSSR count). The van der Waals surface area contributed by atoms with Crippen LogP contribution in [-0.4, -0.2) is 5.97 Å². The topological polar surface area (TPSA) is 26.3 Å². The maximum absolute atomic E-state index is 10.5. The predicted molar refractivity (Wildman–Crippen MR) is 81.9 cm³/mol. The molecule has 0 atom stereocenters. The Morgan fingerprint density at radius 2 is 1.37 bits per heavy atom. The Morgan fingerprint density at radius 1 is 0.842 bits per heavy atom. The molecule has 0 unspecified atom stereocenters. The van der Waals surface area contributed by atoms with Crippen LogP contribution in [0.15, 0.2) is 24.5 Å². The van der Waals surface area contributed by atoms with Gasteiger partial charge in [0.05, 0.1) is 6.26 Å². The van der Waals surface area contributed by atoms with E-state index in [1.807, 2.05) is 6.08 Å². The summed E-state index contributed by atoms with van der Waals surface area (Å²) in [6.07, 6.45) is 20.6. The van der Waals surface area contributed by atoms with Gasteiger partial charge in [-0.2, -0.15) is 0 Å². The molecule has 19 heavy (non-hydrogen) atoms. The van der Waals surface area contributed by atoms with Gasteiger partial charge in [0, 0.05) is 6.92 Å². The zero-order valence-corrected chi connectivity index (χ0v) is 12.7. The van der Waals surface area contributed by atoms with Crippen LogP contribution in [0.4, 0.5) is 0 Å². The summed E-state index contributed by atoms with van der Waals surface area (Å²) in [5.41, 5.74) is 0. The van der Waals surface area contributed by atoms with E-state index in [9.17, 15) is 4.79 Å². The van der Waals surface area contributed by atoms with Gasteiger partial charge >= 0.3 is 5.97 Å². The van der Waals surface area contributed by atoms with E-state index in [0.717, 1.165) is 6.42 Å². The largest absolute Gasteiger partial charge is 0.435 e. The van der Waals surface area contributed by atoms with Gasteiger partial charge in [-0.3, -0.25) is 4.79 Å². The fourth-order valence-corrected chi connectivity index (χ4v) is 1.82. The summed E-state index contributed by atoms with van der Waals surface area (Å²) in [7, 11) is 0. The molecule has 0 aliphatic heterocycles. The summed E-state index contributed by atoms with van der Waals surface area (Å²) in [6, 6.07) is 0. The van der Waals surface area contributed by atoms with Crippen LogP contribution in [0.3, 0.4) is 0 Å². The van der Waals surface area contributed by atoms with E-state index in [0.29, 0.717) is 0 Å². The minimum absolute atomic E-state index is 0.247. The highest BCUT2D eigenvalue weighted by Crippen LogP contribution is 2.08. The number of esters is 1. The van der Waals surface area contributed by atoms with Crippen LogP contribution in [0, 0.1) is 0 Å². The second kappa shape index (κ2) is 15.0. The third kappa shape index (κ3) is 16.9. The van der Waals surface area contributed by atoms with Crippen LogP contribution in [0.2, 0.25) is 0 Å². The van der Waals surface area contributed by atoms with Crippen molar-refractivity contribution in [3.8, 4) is 0 Å². The van der Waals surface area contributed by atoms with Gasteiger partial charge in [0.25, 0.3) is 0 Å². The normalized spacial score (nSPS) is 11.5. The SMILES string of the molecule is CCCCC=CCCCCCCCC=COC(C)=O. The molecule has 0 N–H and O–H groups in total. The first-order valence-electron chi connectivity index (χ1n) is 7.74. The van der Waals surface area contributed by atoms with Gasteiger partial charge in [0.1, 0.15) is 0 Å². The zero-order chi connectivity index (χ0) is 14.2. The maximum atomic E-state index is 10.5. The second-order valence-corrected chi connectivity index (χ2v) is 4.94. The fourth-order valence-electron chi connectivity index (χ4n) is 1.82. The lowest BCUT2D eigenvalue weighted by molar-refractivity contribution is -0.135. The van der Waals surface area contributed by atoms with Gasteiger partial charge in [-0.25, -0.2) is 0 Å². The summed E-state index contributed by atoms with van der Waals surface area (Å²) >= 11 is 0. The van der Waals surface area contributed by atoms with E-state index in [2.05, 4.69) is 19.1 Å². The Kier molecular flexibility index (Phi) is 14.2. The number of hydrogen-bond acceptors (Lipinski definition) is 2. The number of allylic oxidation sites excluding steroid dienone is 3. The first-order chi connectivity index (χ1) is 9.27. The van der Waals surface area contributed by atoms with Crippen molar-refractivity contribution in [3.63, 3.8) is 0 Å². The molecule has 0 aromatic heterocycles. The Morgan fingerprint density at radius 3 is 1.95 bits per heavy atom. The molecular formula is C17H30O2. The molecule has 0 fully saturated rings. The Labute approximate surface area is 118 Å². The molecule has 0 heterocycles. The summed E-state index contributed by atoms with van der Waals surface area (Å²) in [4.78, 5) is 10.5. The van der Waals surface area contributed by atoms with E-state index in [-0.39, 0.29) is 5.97 Å². The van der Waals surface area contributed by atoms with Crippen molar-refractivity contribution in [1.82, 2.24) is 0 Å². The minimum Gasteiger partial charge on any atom is -0.435 e. The number of unbranched alkanes of at least 4 members (excludes halogenated alkanes) is 8. The third-order valence-corrected chi connectivity index (χ3v) is 2.96. The van der Waals surface area contributed by atoms with Crippen molar-refractivity contribution >= 4 is 5.97 Å². The van der Waals surface area contributed by atoms with Crippen LogP contribution in [0.25, 0.3) is 0 Å². The fraction of sp³-hybridized carbons (Fsp3) is 0.706. The monoisotopic (exact) mass is 266 g/mol. The summed E-state index contributed by atoms with van der Waals surface area (Å²) < 4.78 is 4.71. The van der Waals surface area contributed by atoms with Crippen LogP contribution in [-0.2, 0) is 9.53 Å². The molecule has 2 nitrogen and oxygen atoms in total. The number of rotatable bonds is 12. The minimum atomic E-state index is -0.247.